The van der Waals surface area contributed by atoms with Gasteiger partial charge in [-0.2, -0.15) is 9.97 Å². The lowest BCUT2D eigenvalue weighted by Gasteiger charge is -2.26. The summed E-state index contributed by atoms with van der Waals surface area (Å²) >= 11 is 0. The van der Waals surface area contributed by atoms with Crippen molar-refractivity contribution < 1.29 is 18.6 Å². The number of benzene rings is 2. The zero-order valence-electron chi connectivity index (χ0n) is 22.4. The van der Waals surface area contributed by atoms with Gasteiger partial charge in [0.1, 0.15) is 28.6 Å². The predicted octanol–water partition coefficient (Wildman–Crippen LogP) is 5.30. The van der Waals surface area contributed by atoms with Crippen LogP contribution < -0.4 is 9.64 Å². The summed E-state index contributed by atoms with van der Waals surface area (Å²) in [5.74, 6) is 1.43. The standard InChI is InChI=1S/C31H29F2N5O2/c1-4-21-24(32)9-8-19-14-20(39)15-22(25(19)21)27-26(33)28-23(16-34-27)29(38-12-6-5-7-13-38)36-30(35-28)40-18-31(10-11-31)17-37(2)3/h1,5-6,8-9,14-16,39H,7,10-13,17-18H2,2-3H3. The van der Waals surface area contributed by atoms with E-state index in [0.29, 0.717) is 36.3 Å². The van der Waals surface area contributed by atoms with Crippen LogP contribution in [0.15, 0.2) is 42.6 Å². The molecule has 1 saturated carbocycles. The molecule has 0 radical (unpaired) electrons. The molecule has 40 heavy (non-hydrogen) atoms. The second-order valence-corrected chi connectivity index (χ2v) is 10.9. The molecule has 2 aromatic carbocycles. The summed E-state index contributed by atoms with van der Waals surface area (Å²) in [4.78, 5) is 17.8. The first-order valence-corrected chi connectivity index (χ1v) is 13.2. The highest BCUT2D eigenvalue weighted by atomic mass is 19.1. The van der Waals surface area contributed by atoms with Gasteiger partial charge in [-0.15, -0.1) is 6.42 Å². The molecule has 2 aliphatic rings. The molecule has 1 aliphatic carbocycles. The van der Waals surface area contributed by atoms with Crippen LogP contribution in [0.4, 0.5) is 14.6 Å². The fourth-order valence-electron chi connectivity index (χ4n) is 5.51. The molecule has 0 spiro atoms. The number of pyridine rings is 1. The number of hydrogen-bond acceptors (Lipinski definition) is 7. The third-order valence-corrected chi connectivity index (χ3v) is 7.57. The van der Waals surface area contributed by atoms with Gasteiger partial charge in [0.2, 0.25) is 0 Å². The lowest BCUT2D eigenvalue weighted by atomic mass is 9.96. The number of anilines is 1. The highest BCUT2D eigenvalue weighted by Crippen LogP contribution is 2.46. The van der Waals surface area contributed by atoms with Gasteiger partial charge in [-0.3, -0.25) is 4.98 Å². The van der Waals surface area contributed by atoms with Crippen molar-refractivity contribution in [1.29, 1.82) is 0 Å². The lowest BCUT2D eigenvalue weighted by molar-refractivity contribution is 0.183. The molecule has 204 valence electrons. The maximum atomic E-state index is 16.5. The van der Waals surface area contributed by atoms with Crippen molar-refractivity contribution in [3.05, 3.63) is 59.8 Å². The summed E-state index contributed by atoms with van der Waals surface area (Å²) in [6.07, 6.45) is 14.2. The van der Waals surface area contributed by atoms with Crippen molar-refractivity contribution in [2.24, 2.45) is 5.41 Å². The Bertz CT molecular complexity index is 1710. The highest BCUT2D eigenvalue weighted by Gasteiger charge is 2.44. The van der Waals surface area contributed by atoms with Crippen molar-refractivity contribution in [2.75, 3.05) is 45.2 Å². The van der Waals surface area contributed by atoms with Gasteiger partial charge >= 0.3 is 6.01 Å². The molecule has 9 heteroatoms. The Morgan fingerprint density at radius 3 is 2.70 bits per heavy atom. The highest BCUT2D eigenvalue weighted by molar-refractivity contribution is 6.03. The van der Waals surface area contributed by atoms with Crippen LogP contribution in [0.3, 0.4) is 0 Å². The van der Waals surface area contributed by atoms with E-state index >= 15 is 4.39 Å². The third kappa shape index (κ3) is 4.69. The molecular formula is C31H29F2N5O2. The number of fused-ring (bicyclic) bond motifs is 2. The fourth-order valence-corrected chi connectivity index (χ4v) is 5.51. The summed E-state index contributed by atoms with van der Waals surface area (Å²) in [5, 5.41) is 11.6. The Kier molecular flexibility index (Phi) is 6.51. The van der Waals surface area contributed by atoms with E-state index in [-0.39, 0.29) is 44.9 Å². The van der Waals surface area contributed by atoms with Crippen molar-refractivity contribution in [3.8, 4) is 35.4 Å². The largest absolute Gasteiger partial charge is 0.508 e. The van der Waals surface area contributed by atoms with Gasteiger partial charge in [0.25, 0.3) is 0 Å². The number of phenolic OH excluding ortho intramolecular Hbond substituents is 1. The molecule has 1 fully saturated rings. The van der Waals surface area contributed by atoms with E-state index in [1.165, 1.54) is 30.5 Å². The number of phenols is 1. The molecule has 4 aromatic rings. The zero-order chi connectivity index (χ0) is 28.0. The first kappa shape index (κ1) is 26.0. The van der Waals surface area contributed by atoms with E-state index in [2.05, 4.69) is 26.9 Å². The molecule has 0 bridgehead atoms. The van der Waals surface area contributed by atoms with E-state index in [9.17, 15) is 9.50 Å². The van der Waals surface area contributed by atoms with Crippen molar-refractivity contribution >= 4 is 27.5 Å². The normalized spacial score (nSPS) is 16.1. The van der Waals surface area contributed by atoms with Gasteiger partial charge in [0, 0.05) is 42.2 Å². The van der Waals surface area contributed by atoms with Crippen molar-refractivity contribution in [3.63, 3.8) is 0 Å². The number of rotatable bonds is 7. The van der Waals surface area contributed by atoms with E-state index in [1.54, 1.807) is 0 Å². The maximum absolute atomic E-state index is 16.5. The number of aromatic nitrogens is 3. The molecule has 1 aliphatic heterocycles. The van der Waals surface area contributed by atoms with Crippen LogP contribution in [-0.2, 0) is 0 Å². The summed E-state index contributed by atoms with van der Waals surface area (Å²) in [6.45, 7) is 2.63. The Labute approximate surface area is 231 Å². The maximum Gasteiger partial charge on any atom is 0.319 e. The van der Waals surface area contributed by atoms with Crippen LogP contribution in [0.25, 0.3) is 32.9 Å². The van der Waals surface area contributed by atoms with Gasteiger partial charge in [0.15, 0.2) is 5.82 Å². The average Bonchev–Trinajstić information content (AvgIpc) is 3.71. The molecule has 6 rings (SSSR count). The Morgan fingerprint density at radius 1 is 1.18 bits per heavy atom. The number of halogens is 2. The Morgan fingerprint density at radius 2 is 2.00 bits per heavy atom. The third-order valence-electron chi connectivity index (χ3n) is 7.57. The lowest BCUT2D eigenvalue weighted by Crippen LogP contribution is -2.29. The number of aromatic hydroxyl groups is 1. The summed E-state index contributed by atoms with van der Waals surface area (Å²) in [6, 6.07) is 5.60. The number of nitrogens with zero attached hydrogens (tertiary/aromatic N) is 5. The van der Waals surface area contributed by atoms with Gasteiger partial charge in [0.05, 0.1) is 17.6 Å². The molecule has 0 amide bonds. The minimum Gasteiger partial charge on any atom is -0.508 e. The van der Waals surface area contributed by atoms with Crippen molar-refractivity contribution in [2.45, 2.75) is 19.3 Å². The quantitative estimate of drug-likeness (QED) is 0.252. The first-order chi connectivity index (χ1) is 19.3. The topological polar surface area (TPSA) is 74.6 Å². The van der Waals surface area contributed by atoms with E-state index < -0.39 is 11.6 Å². The number of ether oxygens (including phenoxy) is 1. The molecule has 2 aromatic heterocycles. The van der Waals surface area contributed by atoms with Crippen LogP contribution in [0.2, 0.25) is 0 Å². The summed E-state index contributed by atoms with van der Waals surface area (Å²) in [5.41, 5.74) is 0.113. The second kappa shape index (κ2) is 10.0. The fraction of sp³-hybridized carbons (Fsp3) is 0.323. The SMILES string of the molecule is C#Cc1c(F)ccc2cc(O)cc(-c3ncc4c(N5CC=CCC5)nc(OCC5(CN(C)C)CC5)nc4c3F)c12. The second-order valence-electron chi connectivity index (χ2n) is 10.9. The molecule has 0 unspecified atom stereocenters. The summed E-state index contributed by atoms with van der Waals surface area (Å²) < 4.78 is 37.3. The van der Waals surface area contributed by atoms with Crippen LogP contribution in [0.5, 0.6) is 11.8 Å². The van der Waals surface area contributed by atoms with Gasteiger partial charge < -0.3 is 19.6 Å². The summed E-state index contributed by atoms with van der Waals surface area (Å²) in [7, 11) is 4.06. The van der Waals surface area contributed by atoms with Crippen LogP contribution >= 0.6 is 0 Å². The minimum absolute atomic E-state index is 0.0306. The number of hydrogen-bond donors (Lipinski definition) is 1. The van der Waals surface area contributed by atoms with E-state index in [4.69, 9.17) is 16.1 Å². The van der Waals surface area contributed by atoms with E-state index in [0.717, 1.165) is 25.8 Å². The van der Waals surface area contributed by atoms with Crippen LogP contribution in [0.1, 0.15) is 24.8 Å². The monoisotopic (exact) mass is 541 g/mol. The van der Waals surface area contributed by atoms with Gasteiger partial charge in [-0.1, -0.05) is 24.1 Å². The Balaban J connectivity index is 1.52. The minimum atomic E-state index is -0.730. The Hall–Kier alpha value is -4.29. The average molecular weight is 542 g/mol. The first-order valence-electron chi connectivity index (χ1n) is 13.2. The molecule has 0 saturated heterocycles. The van der Waals surface area contributed by atoms with Crippen LogP contribution in [-0.4, -0.2) is 65.3 Å². The molecule has 7 nitrogen and oxygen atoms in total. The predicted molar refractivity (Wildman–Crippen MR) is 151 cm³/mol. The molecular weight excluding hydrogens is 512 g/mol. The van der Waals surface area contributed by atoms with Gasteiger partial charge in [-0.25, -0.2) is 8.78 Å². The van der Waals surface area contributed by atoms with Gasteiger partial charge in [-0.05, 0) is 56.9 Å². The molecule has 1 N–H and O–H groups in total. The smallest absolute Gasteiger partial charge is 0.319 e. The zero-order valence-corrected chi connectivity index (χ0v) is 22.4. The number of terminal acetylenes is 1. The van der Waals surface area contributed by atoms with E-state index in [1.807, 2.05) is 25.1 Å². The molecule has 3 heterocycles. The van der Waals surface area contributed by atoms with Crippen molar-refractivity contribution in [1.82, 2.24) is 19.9 Å². The molecule has 0 atom stereocenters. The van der Waals surface area contributed by atoms with Crippen LogP contribution in [0, 0.1) is 29.4 Å².